The standard InChI is InChI=1S/C19H29N5/c1-15(2)14-24-11-10-21-18(24)13-23-19(20-4)22-12-16(3)17-8-6-5-7-9-17/h5-11,15-16H,12-14H2,1-4H3,(H2,20,22,23). The second-order valence-corrected chi connectivity index (χ2v) is 6.51. The minimum atomic E-state index is 0.424. The van der Waals surface area contributed by atoms with E-state index in [1.165, 1.54) is 5.56 Å². The Bertz CT molecular complexity index is 630. The van der Waals surface area contributed by atoms with E-state index in [4.69, 9.17) is 0 Å². The van der Waals surface area contributed by atoms with Crippen LogP contribution in [0.4, 0.5) is 0 Å². The molecule has 1 aromatic carbocycles. The van der Waals surface area contributed by atoms with Crippen LogP contribution in [0.15, 0.2) is 47.7 Å². The van der Waals surface area contributed by atoms with Crippen LogP contribution in [-0.4, -0.2) is 29.1 Å². The van der Waals surface area contributed by atoms with Crippen molar-refractivity contribution in [1.29, 1.82) is 0 Å². The predicted octanol–water partition coefficient (Wildman–Crippen LogP) is 3.01. The average molecular weight is 327 g/mol. The lowest BCUT2D eigenvalue weighted by Crippen LogP contribution is -2.39. The molecule has 1 heterocycles. The highest BCUT2D eigenvalue weighted by Gasteiger charge is 2.08. The molecule has 0 amide bonds. The maximum Gasteiger partial charge on any atom is 0.191 e. The first-order valence-electron chi connectivity index (χ1n) is 8.59. The van der Waals surface area contributed by atoms with Crippen molar-refractivity contribution < 1.29 is 0 Å². The predicted molar refractivity (Wildman–Crippen MR) is 100 cm³/mol. The number of hydrogen-bond donors (Lipinski definition) is 2. The van der Waals surface area contributed by atoms with E-state index in [0.29, 0.717) is 18.4 Å². The molecule has 5 heteroatoms. The summed E-state index contributed by atoms with van der Waals surface area (Å²) in [6.07, 6.45) is 3.89. The maximum absolute atomic E-state index is 4.44. The molecule has 0 aliphatic carbocycles. The molecule has 2 aromatic rings. The minimum Gasteiger partial charge on any atom is -0.356 e. The molecule has 2 rings (SSSR count). The Morgan fingerprint density at radius 3 is 2.58 bits per heavy atom. The molecule has 130 valence electrons. The highest BCUT2D eigenvalue weighted by Crippen LogP contribution is 2.12. The van der Waals surface area contributed by atoms with Crippen molar-refractivity contribution in [3.8, 4) is 0 Å². The second kappa shape index (κ2) is 9.11. The van der Waals surface area contributed by atoms with Crippen molar-refractivity contribution >= 4 is 5.96 Å². The van der Waals surface area contributed by atoms with Gasteiger partial charge >= 0.3 is 0 Å². The van der Waals surface area contributed by atoms with Crippen molar-refractivity contribution in [3.05, 3.63) is 54.1 Å². The highest BCUT2D eigenvalue weighted by molar-refractivity contribution is 5.79. The van der Waals surface area contributed by atoms with Gasteiger partial charge < -0.3 is 15.2 Å². The number of nitrogens with zero attached hydrogens (tertiary/aromatic N) is 3. The SMILES string of the molecule is CN=C(NCc1nccn1CC(C)C)NCC(C)c1ccccc1. The molecular weight excluding hydrogens is 298 g/mol. The lowest BCUT2D eigenvalue weighted by Gasteiger charge is -2.17. The van der Waals surface area contributed by atoms with Crippen LogP contribution in [0.1, 0.15) is 38.1 Å². The number of hydrogen-bond acceptors (Lipinski definition) is 2. The van der Waals surface area contributed by atoms with Crippen LogP contribution in [-0.2, 0) is 13.1 Å². The molecule has 1 unspecified atom stereocenters. The monoisotopic (exact) mass is 327 g/mol. The summed E-state index contributed by atoms with van der Waals surface area (Å²) in [5, 5.41) is 6.74. The average Bonchev–Trinajstić information content (AvgIpc) is 3.02. The van der Waals surface area contributed by atoms with Crippen LogP contribution in [0.25, 0.3) is 0 Å². The lowest BCUT2D eigenvalue weighted by atomic mass is 10.0. The molecule has 24 heavy (non-hydrogen) atoms. The summed E-state index contributed by atoms with van der Waals surface area (Å²) in [5.74, 6) is 2.86. The Labute approximate surface area is 145 Å². The van der Waals surface area contributed by atoms with Gasteiger partial charge in [-0.2, -0.15) is 0 Å². The number of imidazole rings is 1. The van der Waals surface area contributed by atoms with Crippen molar-refractivity contribution in [2.45, 2.75) is 39.8 Å². The molecule has 0 saturated carbocycles. The van der Waals surface area contributed by atoms with Crippen LogP contribution in [0.3, 0.4) is 0 Å². The summed E-state index contributed by atoms with van der Waals surface area (Å²) < 4.78 is 2.19. The van der Waals surface area contributed by atoms with Gasteiger partial charge in [0.2, 0.25) is 0 Å². The van der Waals surface area contributed by atoms with Gasteiger partial charge in [0.25, 0.3) is 0 Å². The Morgan fingerprint density at radius 2 is 1.92 bits per heavy atom. The van der Waals surface area contributed by atoms with Gasteiger partial charge in [-0.25, -0.2) is 4.98 Å². The maximum atomic E-state index is 4.44. The first kappa shape index (κ1) is 18.0. The molecular formula is C19H29N5. The summed E-state index contributed by atoms with van der Waals surface area (Å²) in [7, 11) is 1.79. The fourth-order valence-electron chi connectivity index (χ4n) is 2.60. The zero-order valence-electron chi connectivity index (χ0n) is 15.2. The van der Waals surface area contributed by atoms with Gasteiger partial charge in [0.15, 0.2) is 5.96 Å². The van der Waals surface area contributed by atoms with Gasteiger partial charge in [0, 0.05) is 32.5 Å². The molecule has 5 nitrogen and oxygen atoms in total. The van der Waals surface area contributed by atoms with Crippen molar-refractivity contribution in [3.63, 3.8) is 0 Å². The van der Waals surface area contributed by atoms with E-state index >= 15 is 0 Å². The first-order chi connectivity index (χ1) is 11.6. The topological polar surface area (TPSA) is 54.2 Å². The number of aromatic nitrogens is 2. The summed E-state index contributed by atoms with van der Waals surface area (Å²) in [6, 6.07) is 10.5. The summed E-state index contributed by atoms with van der Waals surface area (Å²) >= 11 is 0. The lowest BCUT2D eigenvalue weighted by molar-refractivity contribution is 0.503. The van der Waals surface area contributed by atoms with E-state index in [9.17, 15) is 0 Å². The molecule has 0 fully saturated rings. The smallest absolute Gasteiger partial charge is 0.191 e. The van der Waals surface area contributed by atoms with Gasteiger partial charge in [0.1, 0.15) is 5.82 Å². The quantitative estimate of drug-likeness (QED) is 0.607. The molecule has 0 aliphatic rings. The normalized spacial score (nSPS) is 13.1. The third-order valence-electron chi connectivity index (χ3n) is 3.95. The van der Waals surface area contributed by atoms with Gasteiger partial charge in [-0.1, -0.05) is 51.1 Å². The third kappa shape index (κ3) is 5.41. The summed E-state index contributed by atoms with van der Waals surface area (Å²) in [5.41, 5.74) is 1.33. The van der Waals surface area contributed by atoms with E-state index in [2.05, 4.69) is 70.2 Å². The van der Waals surface area contributed by atoms with Gasteiger partial charge in [0.05, 0.1) is 6.54 Å². The van der Waals surface area contributed by atoms with Crippen LogP contribution in [0, 0.1) is 5.92 Å². The zero-order valence-corrected chi connectivity index (χ0v) is 15.2. The van der Waals surface area contributed by atoms with Gasteiger partial charge in [-0.05, 0) is 17.4 Å². The van der Waals surface area contributed by atoms with Crippen molar-refractivity contribution in [1.82, 2.24) is 20.2 Å². The fraction of sp³-hybridized carbons (Fsp3) is 0.474. The van der Waals surface area contributed by atoms with E-state index in [0.717, 1.165) is 24.9 Å². The number of nitrogens with one attached hydrogen (secondary N) is 2. The van der Waals surface area contributed by atoms with Crippen LogP contribution >= 0.6 is 0 Å². The Balaban J connectivity index is 1.84. The molecule has 0 radical (unpaired) electrons. The molecule has 0 aliphatic heterocycles. The first-order valence-corrected chi connectivity index (χ1v) is 8.59. The summed E-state index contributed by atoms with van der Waals surface area (Å²) in [6.45, 7) is 9.12. The number of benzene rings is 1. The Hall–Kier alpha value is -2.30. The number of aliphatic imine (C=N–C) groups is 1. The zero-order chi connectivity index (χ0) is 17.4. The molecule has 0 bridgehead atoms. The van der Waals surface area contributed by atoms with Crippen molar-refractivity contribution in [2.75, 3.05) is 13.6 Å². The van der Waals surface area contributed by atoms with Crippen molar-refractivity contribution in [2.24, 2.45) is 10.9 Å². The number of guanidine groups is 1. The Kier molecular flexibility index (Phi) is 6.85. The van der Waals surface area contributed by atoms with Crippen LogP contribution < -0.4 is 10.6 Å². The third-order valence-corrected chi connectivity index (χ3v) is 3.95. The second-order valence-electron chi connectivity index (χ2n) is 6.51. The van der Waals surface area contributed by atoms with Gasteiger partial charge in [-0.15, -0.1) is 0 Å². The largest absolute Gasteiger partial charge is 0.356 e. The molecule has 0 spiro atoms. The molecule has 1 atom stereocenters. The highest BCUT2D eigenvalue weighted by atomic mass is 15.2. The summed E-state index contributed by atoms with van der Waals surface area (Å²) in [4.78, 5) is 8.74. The van der Waals surface area contributed by atoms with Crippen LogP contribution in [0.5, 0.6) is 0 Å². The van der Waals surface area contributed by atoms with E-state index in [-0.39, 0.29) is 0 Å². The molecule has 0 saturated heterocycles. The van der Waals surface area contributed by atoms with E-state index in [1.807, 2.05) is 18.5 Å². The Morgan fingerprint density at radius 1 is 1.17 bits per heavy atom. The number of rotatable bonds is 7. The van der Waals surface area contributed by atoms with E-state index < -0.39 is 0 Å². The molecule has 1 aromatic heterocycles. The fourth-order valence-corrected chi connectivity index (χ4v) is 2.60. The minimum absolute atomic E-state index is 0.424. The van der Waals surface area contributed by atoms with Crippen LogP contribution in [0.2, 0.25) is 0 Å². The van der Waals surface area contributed by atoms with Gasteiger partial charge in [-0.3, -0.25) is 4.99 Å². The molecule has 2 N–H and O–H groups in total. The van der Waals surface area contributed by atoms with E-state index in [1.54, 1.807) is 7.05 Å².